The van der Waals surface area contributed by atoms with Gasteiger partial charge >= 0.3 is 0 Å². The SMILES string of the molecule is CCS(=O)(=O)n1cc(C[C@H](NC(=O)c2nc(C(=O)NCc3ccc(F)cc3)c(O)c3ncccc23)C(N)=O)c2ccccc21. The average molecular weight is 619 g/mol. The topological polar surface area (TPSA) is 186 Å². The van der Waals surface area contributed by atoms with Gasteiger partial charge in [-0.2, -0.15) is 0 Å². The molecule has 0 saturated heterocycles. The molecule has 0 aliphatic rings. The van der Waals surface area contributed by atoms with Crippen LogP contribution in [0.1, 0.15) is 39.0 Å². The van der Waals surface area contributed by atoms with Crippen LogP contribution in [-0.2, 0) is 27.8 Å². The first-order valence-electron chi connectivity index (χ1n) is 13.4. The highest BCUT2D eigenvalue weighted by molar-refractivity contribution is 7.90. The summed E-state index contributed by atoms with van der Waals surface area (Å²) in [6.07, 6.45) is 2.61. The lowest BCUT2D eigenvalue weighted by atomic mass is 10.0. The highest BCUT2D eigenvalue weighted by Gasteiger charge is 2.27. The molecule has 3 aromatic heterocycles. The van der Waals surface area contributed by atoms with E-state index in [0.29, 0.717) is 22.0 Å². The molecule has 0 unspecified atom stereocenters. The maximum absolute atomic E-state index is 13.6. The van der Waals surface area contributed by atoms with Crippen LogP contribution in [0.3, 0.4) is 0 Å². The summed E-state index contributed by atoms with van der Waals surface area (Å²) in [6.45, 7) is 1.49. The van der Waals surface area contributed by atoms with Gasteiger partial charge < -0.3 is 21.5 Å². The molecule has 0 spiro atoms. The number of nitrogens with one attached hydrogen (secondary N) is 2. The number of fused-ring (bicyclic) bond motifs is 2. The van der Waals surface area contributed by atoms with Crippen molar-refractivity contribution in [3.05, 3.63) is 101 Å². The summed E-state index contributed by atoms with van der Waals surface area (Å²) in [6, 6.07) is 13.8. The summed E-state index contributed by atoms with van der Waals surface area (Å²) < 4.78 is 39.8. The number of primary amides is 1. The van der Waals surface area contributed by atoms with Crippen molar-refractivity contribution in [2.45, 2.75) is 25.9 Å². The number of pyridine rings is 2. The van der Waals surface area contributed by atoms with Crippen molar-refractivity contribution in [2.75, 3.05) is 5.75 Å². The minimum Gasteiger partial charge on any atom is -0.504 e. The van der Waals surface area contributed by atoms with Gasteiger partial charge in [0.05, 0.1) is 11.3 Å². The quantitative estimate of drug-likeness (QED) is 0.184. The van der Waals surface area contributed by atoms with Crippen molar-refractivity contribution in [2.24, 2.45) is 5.73 Å². The minimum atomic E-state index is -3.67. The smallest absolute Gasteiger partial charge is 0.274 e. The van der Waals surface area contributed by atoms with E-state index in [0.717, 1.165) is 3.97 Å². The second kappa shape index (κ2) is 12.1. The number of aromatic nitrogens is 3. The van der Waals surface area contributed by atoms with Gasteiger partial charge in [-0.05, 0) is 48.4 Å². The Balaban J connectivity index is 1.46. The molecule has 0 saturated carbocycles. The van der Waals surface area contributed by atoms with Gasteiger partial charge in [0.1, 0.15) is 23.1 Å². The summed E-state index contributed by atoms with van der Waals surface area (Å²) in [7, 11) is -3.67. The fourth-order valence-corrected chi connectivity index (χ4v) is 5.77. The first-order chi connectivity index (χ1) is 21.0. The fourth-order valence-electron chi connectivity index (χ4n) is 4.74. The number of hydrogen-bond acceptors (Lipinski definition) is 8. The zero-order valence-corrected chi connectivity index (χ0v) is 24.1. The molecule has 226 valence electrons. The fraction of sp³-hybridized carbons (Fsp3) is 0.167. The molecule has 14 heteroatoms. The molecule has 0 bridgehead atoms. The monoisotopic (exact) mass is 618 g/mol. The summed E-state index contributed by atoms with van der Waals surface area (Å²) in [5.74, 6) is -3.78. The Morgan fingerprint density at radius 1 is 1.00 bits per heavy atom. The molecule has 3 heterocycles. The number of carbonyl (C=O) groups excluding carboxylic acids is 3. The van der Waals surface area contributed by atoms with Gasteiger partial charge in [-0.3, -0.25) is 19.4 Å². The Labute approximate surface area is 250 Å². The van der Waals surface area contributed by atoms with Crippen molar-refractivity contribution in [1.82, 2.24) is 24.6 Å². The molecular formula is C30H27FN6O6S. The third-order valence-electron chi connectivity index (χ3n) is 7.03. The number of nitrogens with two attached hydrogens (primary N) is 1. The predicted molar refractivity (Wildman–Crippen MR) is 160 cm³/mol. The normalized spacial score (nSPS) is 12.2. The first kappa shape index (κ1) is 30.1. The maximum atomic E-state index is 13.6. The summed E-state index contributed by atoms with van der Waals surface area (Å²) in [5, 5.41) is 16.6. The Kier molecular flexibility index (Phi) is 8.27. The number of carbonyl (C=O) groups is 3. The van der Waals surface area contributed by atoms with Crippen LogP contribution in [0.5, 0.6) is 5.75 Å². The third-order valence-corrected chi connectivity index (χ3v) is 8.66. The zero-order valence-electron chi connectivity index (χ0n) is 23.3. The predicted octanol–water partition coefficient (Wildman–Crippen LogP) is 2.38. The van der Waals surface area contributed by atoms with Crippen molar-refractivity contribution < 1.29 is 32.3 Å². The second-order valence-corrected chi connectivity index (χ2v) is 12.0. The molecule has 5 N–H and O–H groups in total. The van der Waals surface area contributed by atoms with Crippen LogP contribution in [-0.4, -0.2) is 57.0 Å². The lowest BCUT2D eigenvalue weighted by Crippen LogP contribution is -2.46. The molecule has 1 atom stereocenters. The Hall–Kier alpha value is -5.37. The lowest BCUT2D eigenvalue weighted by Gasteiger charge is -2.17. The molecule has 12 nitrogen and oxygen atoms in total. The zero-order chi connectivity index (χ0) is 31.6. The number of benzene rings is 2. The van der Waals surface area contributed by atoms with E-state index in [1.165, 1.54) is 55.7 Å². The van der Waals surface area contributed by atoms with Crippen LogP contribution >= 0.6 is 0 Å². The summed E-state index contributed by atoms with van der Waals surface area (Å²) in [4.78, 5) is 47.4. The number of para-hydroxylation sites is 1. The van der Waals surface area contributed by atoms with Crippen molar-refractivity contribution >= 4 is 49.6 Å². The molecule has 5 aromatic rings. The van der Waals surface area contributed by atoms with E-state index in [2.05, 4.69) is 20.6 Å². The highest BCUT2D eigenvalue weighted by Crippen LogP contribution is 2.29. The second-order valence-electron chi connectivity index (χ2n) is 9.87. The van der Waals surface area contributed by atoms with E-state index < -0.39 is 51.0 Å². The molecule has 0 radical (unpaired) electrons. The Morgan fingerprint density at radius 3 is 2.41 bits per heavy atom. The number of aromatic hydroxyl groups is 1. The number of halogens is 1. The van der Waals surface area contributed by atoms with Crippen LogP contribution in [0, 0.1) is 5.82 Å². The largest absolute Gasteiger partial charge is 0.504 e. The Morgan fingerprint density at radius 2 is 1.70 bits per heavy atom. The van der Waals surface area contributed by atoms with Gasteiger partial charge in [0.15, 0.2) is 11.4 Å². The van der Waals surface area contributed by atoms with Crippen LogP contribution in [0.25, 0.3) is 21.8 Å². The van der Waals surface area contributed by atoms with Crippen LogP contribution in [0.2, 0.25) is 0 Å². The number of amides is 3. The lowest BCUT2D eigenvalue weighted by molar-refractivity contribution is -0.119. The molecule has 5 rings (SSSR count). The van der Waals surface area contributed by atoms with Gasteiger partial charge in [-0.25, -0.2) is 21.8 Å². The summed E-state index contributed by atoms with van der Waals surface area (Å²) >= 11 is 0. The van der Waals surface area contributed by atoms with Crippen molar-refractivity contribution in [3.63, 3.8) is 0 Å². The van der Waals surface area contributed by atoms with E-state index in [-0.39, 0.29) is 35.3 Å². The number of rotatable bonds is 10. The Bertz CT molecular complexity index is 2030. The molecule has 0 fully saturated rings. The van der Waals surface area contributed by atoms with Gasteiger partial charge in [0.25, 0.3) is 11.8 Å². The van der Waals surface area contributed by atoms with Crippen LogP contribution in [0.4, 0.5) is 4.39 Å². The van der Waals surface area contributed by atoms with Gasteiger partial charge in [-0.15, -0.1) is 0 Å². The molecule has 0 aliphatic carbocycles. The minimum absolute atomic E-state index is 0.0207. The van der Waals surface area contributed by atoms with Crippen LogP contribution in [0.15, 0.2) is 73.1 Å². The van der Waals surface area contributed by atoms with Gasteiger partial charge in [0, 0.05) is 36.1 Å². The van der Waals surface area contributed by atoms with Gasteiger partial charge in [0.2, 0.25) is 15.9 Å². The van der Waals surface area contributed by atoms with E-state index in [1.807, 2.05) is 0 Å². The highest BCUT2D eigenvalue weighted by atomic mass is 32.2. The van der Waals surface area contributed by atoms with E-state index in [9.17, 15) is 32.3 Å². The van der Waals surface area contributed by atoms with Crippen molar-refractivity contribution in [3.8, 4) is 5.75 Å². The summed E-state index contributed by atoms with van der Waals surface area (Å²) in [5.41, 5.74) is 6.21. The van der Waals surface area contributed by atoms with E-state index in [1.54, 1.807) is 24.3 Å². The average Bonchev–Trinajstić information content (AvgIpc) is 3.39. The maximum Gasteiger partial charge on any atom is 0.274 e. The van der Waals surface area contributed by atoms with E-state index >= 15 is 0 Å². The number of hydrogen-bond donors (Lipinski definition) is 4. The molecule has 3 amide bonds. The molecule has 2 aromatic carbocycles. The van der Waals surface area contributed by atoms with Crippen LogP contribution < -0.4 is 16.4 Å². The van der Waals surface area contributed by atoms with Crippen molar-refractivity contribution in [1.29, 1.82) is 0 Å². The van der Waals surface area contributed by atoms with E-state index in [4.69, 9.17) is 5.73 Å². The third kappa shape index (κ3) is 5.92. The standard InChI is InChI=1S/C30H27FN6O6S/c1-2-44(42,43)37-16-18(20-6-3-4-8-23(20)37)14-22(28(32)39)35-30(41)25-21-7-5-13-33-24(21)27(38)26(36-25)29(40)34-15-17-9-11-19(31)12-10-17/h3-13,16,22,38H,2,14-15H2,1H3,(H2,32,39)(H,34,40)(H,35,41)/t22-/m0/s1. The first-order valence-corrected chi connectivity index (χ1v) is 15.0. The molecular weight excluding hydrogens is 591 g/mol. The molecule has 0 aliphatic heterocycles. The van der Waals surface area contributed by atoms with Gasteiger partial charge in [-0.1, -0.05) is 30.3 Å². The molecule has 44 heavy (non-hydrogen) atoms. The number of nitrogens with zero attached hydrogens (tertiary/aromatic N) is 3.